The lowest BCUT2D eigenvalue weighted by Crippen LogP contribution is -2.41. The van der Waals surface area contributed by atoms with Gasteiger partial charge in [-0.2, -0.15) is 4.39 Å². The fourth-order valence-corrected chi connectivity index (χ4v) is 5.23. The van der Waals surface area contributed by atoms with Crippen LogP contribution in [-0.4, -0.2) is 61.9 Å². The maximum Gasteiger partial charge on any atom is 0.229 e. The van der Waals surface area contributed by atoms with Gasteiger partial charge < -0.3 is 25.4 Å². The number of aliphatic hydroxyl groups excluding tert-OH is 2. The third kappa shape index (κ3) is 2.83. The Hall–Kier alpha value is -3.07. The zero-order valence-corrected chi connectivity index (χ0v) is 17.4. The van der Waals surface area contributed by atoms with Gasteiger partial charge in [0.25, 0.3) is 0 Å². The summed E-state index contributed by atoms with van der Waals surface area (Å²) in [6.07, 6.45) is -0.329. The predicted molar refractivity (Wildman–Crippen MR) is 111 cm³/mol. The highest BCUT2D eigenvalue weighted by molar-refractivity contribution is 7.10. The molecule has 0 aliphatic heterocycles. The number of nitrogens with one attached hydrogen (secondary N) is 2. The summed E-state index contributed by atoms with van der Waals surface area (Å²) >= 11 is 0.929. The maximum atomic E-state index is 13.2. The first kappa shape index (κ1) is 19.9. The van der Waals surface area contributed by atoms with E-state index in [9.17, 15) is 19.4 Å². The van der Waals surface area contributed by atoms with E-state index in [2.05, 4.69) is 37.4 Å². The first-order valence-corrected chi connectivity index (χ1v) is 10.5. The standard InChI is InChI=1S/C20H19FN6O3S/c1-22-17-13-18(26-12(25-17)6-4-9-3-5-11(21)31-9)27(8-24-13)14-10-7-20(10,19(30)23-2)16(29)15(14)28/h3,5,8,10,14-16,28-29H,7H2,1-2H3,(H,23,30)(H,22,25,26)/t10?,14-,15+,16+,20+/m1/s1. The minimum atomic E-state index is -1.18. The van der Waals surface area contributed by atoms with Crippen LogP contribution in [0, 0.1) is 28.3 Å². The van der Waals surface area contributed by atoms with Gasteiger partial charge >= 0.3 is 0 Å². The quantitative estimate of drug-likeness (QED) is 0.435. The van der Waals surface area contributed by atoms with Crippen LogP contribution < -0.4 is 10.6 Å². The van der Waals surface area contributed by atoms with Crippen LogP contribution in [0.15, 0.2) is 18.5 Å². The first-order valence-electron chi connectivity index (χ1n) is 9.68. The molecule has 4 N–H and O–H groups in total. The van der Waals surface area contributed by atoms with Crippen LogP contribution in [0.4, 0.5) is 10.2 Å². The number of aromatic nitrogens is 4. The number of halogens is 1. The van der Waals surface area contributed by atoms with E-state index in [-0.39, 0.29) is 22.8 Å². The number of hydrogen-bond donors (Lipinski definition) is 4. The molecule has 31 heavy (non-hydrogen) atoms. The van der Waals surface area contributed by atoms with Gasteiger partial charge in [-0.1, -0.05) is 11.3 Å². The second-order valence-electron chi connectivity index (χ2n) is 7.68. The number of rotatable bonds is 3. The first-order chi connectivity index (χ1) is 14.9. The SMILES string of the molecule is CNC(=O)[C@@]12CC1[C@@H](n1cnc3c(NC)nc(C#Cc4ccc(F)s4)nc31)[C@H](O)[C@@H]2O. The molecule has 3 heterocycles. The van der Waals surface area contributed by atoms with Crippen LogP contribution >= 0.6 is 11.3 Å². The maximum absolute atomic E-state index is 13.2. The van der Waals surface area contributed by atoms with E-state index >= 15 is 0 Å². The molecule has 2 saturated carbocycles. The molecule has 9 nitrogen and oxygen atoms in total. The Labute approximate surface area is 180 Å². The Morgan fingerprint density at radius 3 is 2.81 bits per heavy atom. The Bertz CT molecular complexity index is 1260. The number of imidazole rings is 1. The summed E-state index contributed by atoms with van der Waals surface area (Å²) in [7, 11) is 3.21. The van der Waals surface area contributed by atoms with Gasteiger partial charge in [0.2, 0.25) is 11.7 Å². The van der Waals surface area contributed by atoms with Gasteiger partial charge in [0.05, 0.1) is 28.8 Å². The van der Waals surface area contributed by atoms with Gasteiger partial charge in [0.1, 0.15) is 6.10 Å². The number of aliphatic hydroxyl groups is 2. The fourth-order valence-electron chi connectivity index (χ4n) is 4.65. The number of thiophene rings is 1. The topological polar surface area (TPSA) is 125 Å². The number of hydrogen-bond acceptors (Lipinski definition) is 8. The molecule has 0 saturated heterocycles. The highest BCUT2D eigenvalue weighted by atomic mass is 32.1. The smallest absolute Gasteiger partial charge is 0.229 e. The lowest BCUT2D eigenvalue weighted by Gasteiger charge is -2.23. The van der Waals surface area contributed by atoms with Crippen molar-refractivity contribution in [1.82, 2.24) is 24.8 Å². The zero-order chi connectivity index (χ0) is 21.9. The Morgan fingerprint density at radius 1 is 1.32 bits per heavy atom. The van der Waals surface area contributed by atoms with Crippen molar-refractivity contribution >= 4 is 34.2 Å². The van der Waals surface area contributed by atoms with Gasteiger partial charge in [-0.15, -0.1) is 0 Å². The minimum Gasteiger partial charge on any atom is -0.389 e. The second-order valence-corrected chi connectivity index (χ2v) is 8.71. The number of amides is 1. The van der Waals surface area contributed by atoms with Crippen molar-refractivity contribution < 1.29 is 19.4 Å². The fraction of sp³-hybridized carbons (Fsp3) is 0.400. The van der Waals surface area contributed by atoms with E-state index < -0.39 is 23.7 Å². The molecule has 5 rings (SSSR count). The van der Waals surface area contributed by atoms with Crippen molar-refractivity contribution in [3.8, 4) is 11.8 Å². The highest BCUT2D eigenvalue weighted by Gasteiger charge is 2.75. The molecule has 0 aromatic carbocycles. The molecule has 1 unspecified atom stereocenters. The molecule has 3 aromatic rings. The van der Waals surface area contributed by atoms with Crippen molar-refractivity contribution in [3.63, 3.8) is 0 Å². The Kier molecular flexibility index (Phi) is 4.47. The normalized spacial score (nSPS) is 28.7. The van der Waals surface area contributed by atoms with E-state index in [4.69, 9.17) is 0 Å². The van der Waals surface area contributed by atoms with Crippen LogP contribution in [0.3, 0.4) is 0 Å². The van der Waals surface area contributed by atoms with Crippen molar-refractivity contribution in [3.05, 3.63) is 34.3 Å². The van der Waals surface area contributed by atoms with Crippen molar-refractivity contribution in [2.75, 3.05) is 19.4 Å². The van der Waals surface area contributed by atoms with E-state index in [0.29, 0.717) is 28.3 Å². The van der Waals surface area contributed by atoms with Gasteiger partial charge in [0, 0.05) is 20.0 Å². The Balaban J connectivity index is 1.58. The van der Waals surface area contributed by atoms with Crippen molar-refractivity contribution in [1.29, 1.82) is 0 Å². The summed E-state index contributed by atoms with van der Waals surface area (Å²) in [6, 6.07) is 2.36. The molecule has 2 aliphatic carbocycles. The summed E-state index contributed by atoms with van der Waals surface area (Å²) in [4.78, 5) is 26.2. The number of nitrogens with zero attached hydrogens (tertiary/aromatic N) is 4. The summed E-state index contributed by atoms with van der Waals surface area (Å²) in [5.41, 5.74) is -0.0907. The van der Waals surface area contributed by atoms with Crippen molar-refractivity contribution in [2.24, 2.45) is 11.3 Å². The minimum absolute atomic E-state index is 0.203. The molecule has 160 valence electrons. The van der Waals surface area contributed by atoms with Gasteiger partial charge in [0.15, 0.2) is 22.1 Å². The average molecular weight is 442 g/mol. The highest BCUT2D eigenvalue weighted by Crippen LogP contribution is 2.67. The van der Waals surface area contributed by atoms with E-state index in [1.807, 2.05) is 0 Å². The molecular weight excluding hydrogens is 423 g/mol. The molecule has 0 radical (unpaired) electrons. The van der Waals surface area contributed by atoms with Crippen LogP contribution in [0.2, 0.25) is 0 Å². The van der Waals surface area contributed by atoms with E-state index in [1.165, 1.54) is 19.4 Å². The molecule has 5 atom stereocenters. The van der Waals surface area contributed by atoms with Crippen LogP contribution in [0.1, 0.15) is 23.2 Å². The lowest BCUT2D eigenvalue weighted by molar-refractivity contribution is -0.132. The molecule has 11 heteroatoms. The molecular formula is C20H19FN6O3S. The lowest BCUT2D eigenvalue weighted by atomic mass is 9.98. The van der Waals surface area contributed by atoms with E-state index in [0.717, 1.165) is 11.3 Å². The zero-order valence-electron chi connectivity index (χ0n) is 16.6. The molecule has 0 spiro atoms. The largest absolute Gasteiger partial charge is 0.389 e. The van der Waals surface area contributed by atoms with Gasteiger partial charge in [-0.3, -0.25) is 4.79 Å². The van der Waals surface area contributed by atoms with Crippen LogP contribution in [0.5, 0.6) is 0 Å². The van der Waals surface area contributed by atoms with Gasteiger partial charge in [-0.25, -0.2) is 15.0 Å². The number of anilines is 1. The molecule has 1 amide bonds. The third-order valence-electron chi connectivity index (χ3n) is 6.17. The summed E-state index contributed by atoms with van der Waals surface area (Å²) in [5.74, 6) is 5.81. The van der Waals surface area contributed by atoms with Crippen LogP contribution in [-0.2, 0) is 4.79 Å². The third-order valence-corrected chi connectivity index (χ3v) is 6.96. The summed E-state index contributed by atoms with van der Waals surface area (Å²) in [6.45, 7) is 0. The molecule has 2 fully saturated rings. The predicted octanol–water partition coefficient (Wildman–Crippen LogP) is 0.497. The summed E-state index contributed by atoms with van der Waals surface area (Å²) < 4.78 is 14.9. The number of carbonyl (C=O) groups excluding carboxylic acids is 1. The molecule has 3 aromatic heterocycles. The van der Waals surface area contributed by atoms with Gasteiger partial charge in [-0.05, 0) is 30.4 Å². The Morgan fingerprint density at radius 2 is 2.13 bits per heavy atom. The monoisotopic (exact) mass is 442 g/mol. The second kappa shape index (κ2) is 6.98. The molecule has 0 bridgehead atoms. The van der Waals surface area contributed by atoms with Crippen LogP contribution in [0.25, 0.3) is 11.2 Å². The number of fused-ring (bicyclic) bond motifs is 2. The van der Waals surface area contributed by atoms with E-state index in [1.54, 1.807) is 17.7 Å². The average Bonchev–Trinajstić information content (AvgIpc) is 3.02. The number of carbonyl (C=O) groups is 1. The molecule has 2 aliphatic rings. The summed E-state index contributed by atoms with van der Waals surface area (Å²) in [5, 5.41) is 26.6. The van der Waals surface area contributed by atoms with Crippen molar-refractivity contribution in [2.45, 2.75) is 24.7 Å².